The summed E-state index contributed by atoms with van der Waals surface area (Å²) in [6.07, 6.45) is 3.51. The smallest absolute Gasteiger partial charge is 0.360 e. The monoisotopic (exact) mass is 211 g/mol. The SMILES string of the molecule is CCC(CC)n1cnc(C(=O)OC)c1N. The summed E-state index contributed by atoms with van der Waals surface area (Å²) in [7, 11) is 1.32. The number of carbonyl (C=O) groups excluding carboxylic acids is 1. The van der Waals surface area contributed by atoms with Crippen molar-refractivity contribution in [3.8, 4) is 0 Å². The molecule has 0 aliphatic carbocycles. The van der Waals surface area contributed by atoms with Crippen LogP contribution in [0, 0.1) is 0 Å². The average Bonchev–Trinajstić information content (AvgIpc) is 2.62. The molecule has 84 valence electrons. The number of methoxy groups -OCH3 is 1. The number of aromatic nitrogens is 2. The van der Waals surface area contributed by atoms with E-state index < -0.39 is 5.97 Å². The number of carbonyl (C=O) groups is 1. The van der Waals surface area contributed by atoms with E-state index in [-0.39, 0.29) is 11.7 Å². The summed E-state index contributed by atoms with van der Waals surface area (Å²) >= 11 is 0. The molecular formula is C10H17N3O2. The molecule has 0 spiro atoms. The van der Waals surface area contributed by atoms with Crippen molar-refractivity contribution in [2.45, 2.75) is 32.7 Å². The molecule has 1 aromatic rings. The van der Waals surface area contributed by atoms with Gasteiger partial charge in [0.1, 0.15) is 5.82 Å². The van der Waals surface area contributed by atoms with Gasteiger partial charge in [-0.3, -0.25) is 0 Å². The van der Waals surface area contributed by atoms with E-state index >= 15 is 0 Å². The maximum Gasteiger partial charge on any atom is 0.360 e. The topological polar surface area (TPSA) is 70.1 Å². The molecule has 0 saturated heterocycles. The molecule has 0 aliphatic rings. The van der Waals surface area contributed by atoms with Crippen molar-refractivity contribution in [2.24, 2.45) is 0 Å². The van der Waals surface area contributed by atoms with Gasteiger partial charge >= 0.3 is 5.97 Å². The van der Waals surface area contributed by atoms with Gasteiger partial charge in [-0.15, -0.1) is 0 Å². The fraction of sp³-hybridized carbons (Fsp3) is 0.600. The number of ether oxygens (including phenoxy) is 1. The van der Waals surface area contributed by atoms with Gasteiger partial charge in [-0.1, -0.05) is 13.8 Å². The van der Waals surface area contributed by atoms with Crippen molar-refractivity contribution >= 4 is 11.8 Å². The third-order valence-electron chi connectivity index (χ3n) is 2.55. The number of hydrogen-bond acceptors (Lipinski definition) is 4. The number of anilines is 1. The molecule has 1 heterocycles. The molecule has 2 N–H and O–H groups in total. The van der Waals surface area contributed by atoms with Gasteiger partial charge in [-0.05, 0) is 12.8 Å². The summed E-state index contributed by atoms with van der Waals surface area (Å²) in [5.41, 5.74) is 6.03. The molecule has 1 aromatic heterocycles. The zero-order chi connectivity index (χ0) is 11.4. The summed E-state index contributed by atoms with van der Waals surface area (Å²) in [6, 6.07) is 0.288. The van der Waals surface area contributed by atoms with E-state index in [4.69, 9.17) is 5.73 Å². The first-order chi connectivity index (χ1) is 7.15. The lowest BCUT2D eigenvalue weighted by Crippen LogP contribution is -2.12. The fourth-order valence-corrected chi connectivity index (χ4v) is 1.60. The van der Waals surface area contributed by atoms with Crippen molar-refractivity contribution < 1.29 is 9.53 Å². The van der Waals surface area contributed by atoms with Crippen LogP contribution in [-0.2, 0) is 4.74 Å². The quantitative estimate of drug-likeness (QED) is 0.768. The number of nitrogen functional groups attached to an aromatic ring is 1. The number of hydrogen-bond donors (Lipinski definition) is 1. The number of esters is 1. The van der Waals surface area contributed by atoms with Crippen LogP contribution in [-0.4, -0.2) is 22.6 Å². The van der Waals surface area contributed by atoms with Crippen LogP contribution in [0.2, 0.25) is 0 Å². The van der Waals surface area contributed by atoms with Gasteiger partial charge in [0.05, 0.1) is 13.4 Å². The molecular weight excluding hydrogens is 194 g/mol. The Kier molecular flexibility index (Phi) is 3.71. The van der Waals surface area contributed by atoms with E-state index in [9.17, 15) is 4.79 Å². The van der Waals surface area contributed by atoms with Crippen LogP contribution in [0.15, 0.2) is 6.33 Å². The molecule has 0 saturated carbocycles. The van der Waals surface area contributed by atoms with Crippen molar-refractivity contribution in [1.82, 2.24) is 9.55 Å². The van der Waals surface area contributed by atoms with Crippen molar-refractivity contribution in [3.63, 3.8) is 0 Å². The summed E-state index contributed by atoms with van der Waals surface area (Å²) < 4.78 is 6.41. The minimum atomic E-state index is -0.489. The van der Waals surface area contributed by atoms with Gasteiger partial charge in [0, 0.05) is 6.04 Å². The van der Waals surface area contributed by atoms with E-state index in [2.05, 4.69) is 23.6 Å². The summed E-state index contributed by atoms with van der Waals surface area (Å²) in [4.78, 5) is 15.2. The maximum absolute atomic E-state index is 11.3. The highest BCUT2D eigenvalue weighted by Crippen LogP contribution is 2.22. The molecule has 0 aromatic carbocycles. The van der Waals surface area contributed by atoms with Gasteiger partial charge in [0.25, 0.3) is 0 Å². The molecule has 0 radical (unpaired) electrons. The molecule has 0 fully saturated rings. The second-order valence-electron chi connectivity index (χ2n) is 3.35. The number of rotatable bonds is 4. The van der Waals surface area contributed by atoms with Crippen LogP contribution in [0.1, 0.15) is 43.2 Å². The van der Waals surface area contributed by atoms with Gasteiger partial charge in [0.2, 0.25) is 0 Å². The molecule has 1 rings (SSSR count). The summed E-state index contributed by atoms with van der Waals surface area (Å²) in [6.45, 7) is 4.15. The molecule has 0 unspecified atom stereocenters. The highest BCUT2D eigenvalue weighted by atomic mass is 16.5. The summed E-state index contributed by atoms with van der Waals surface area (Å²) in [5, 5.41) is 0. The molecule has 15 heavy (non-hydrogen) atoms. The minimum Gasteiger partial charge on any atom is -0.464 e. The van der Waals surface area contributed by atoms with E-state index in [1.54, 1.807) is 6.33 Å². The second kappa shape index (κ2) is 4.82. The van der Waals surface area contributed by atoms with Gasteiger partial charge in [-0.2, -0.15) is 0 Å². The number of nitrogens with zero attached hydrogens (tertiary/aromatic N) is 2. The predicted molar refractivity (Wildman–Crippen MR) is 57.6 cm³/mol. The highest BCUT2D eigenvalue weighted by molar-refractivity contribution is 5.92. The van der Waals surface area contributed by atoms with E-state index in [0.717, 1.165) is 12.8 Å². The van der Waals surface area contributed by atoms with Crippen LogP contribution in [0.3, 0.4) is 0 Å². The van der Waals surface area contributed by atoms with Gasteiger partial charge in [-0.25, -0.2) is 9.78 Å². The zero-order valence-corrected chi connectivity index (χ0v) is 9.36. The zero-order valence-electron chi connectivity index (χ0n) is 9.36. The summed E-state index contributed by atoms with van der Waals surface area (Å²) in [5.74, 6) is -0.104. The van der Waals surface area contributed by atoms with Gasteiger partial charge in [0.15, 0.2) is 5.69 Å². The predicted octanol–water partition coefficient (Wildman–Crippen LogP) is 1.61. The van der Waals surface area contributed by atoms with Crippen molar-refractivity contribution in [1.29, 1.82) is 0 Å². The second-order valence-corrected chi connectivity index (χ2v) is 3.35. The van der Waals surface area contributed by atoms with E-state index in [1.165, 1.54) is 7.11 Å². The lowest BCUT2D eigenvalue weighted by Gasteiger charge is -2.15. The third-order valence-corrected chi connectivity index (χ3v) is 2.55. The van der Waals surface area contributed by atoms with Crippen LogP contribution in [0.4, 0.5) is 5.82 Å². The third kappa shape index (κ3) is 2.11. The largest absolute Gasteiger partial charge is 0.464 e. The van der Waals surface area contributed by atoms with Gasteiger partial charge < -0.3 is 15.0 Å². The Morgan fingerprint density at radius 2 is 2.20 bits per heavy atom. The van der Waals surface area contributed by atoms with Crippen molar-refractivity contribution in [3.05, 3.63) is 12.0 Å². The van der Waals surface area contributed by atoms with E-state index in [1.807, 2.05) is 4.57 Å². The normalized spacial score (nSPS) is 10.7. The van der Waals surface area contributed by atoms with E-state index in [0.29, 0.717) is 5.82 Å². The number of imidazole rings is 1. The minimum absolute atomic E-state index is 0.199. The molecule has 0 bridgehead atoms. The van der Waals surface area contributed by atoms with Crippen LogP contribution in [0.5, 0.6) is 0 Å². The first kappa shape index (κ1) is 11.6. The van der Waals surface area contributed by atoms with Crippen LogP contribution in [0.25, 0.3) is 0 Å². The molecule has 0 atom stereocenters. The molecule has 0 amide bonds. The Balaban J connectivity index is 3.02. The molecule has 0 aliphatic heterocycles. The van der Waals surface area contributed by atoms with Crippen molar-refractivity contribution in [2.75, 3.05) is 12.8 Å². The number of nitrogens with two attached hydrogens (primary N) is 1. The average molecular weight is 211 g/mol. The van der Waals surface area contributed by atoms with Crippen LogP contribution >= 0.6 is 0 Å². The Morgan fingerprint density at radius 1 is 1.60 bits per heavy atom. The molecule has 5 nitrogen and oxygen atoms in total. The first-order valence-corrected chi connectivity index (χ1v) is 5.06. The standard InChI is InChI=1S/C10H17N3O2/c1-4-7(5-2)13-6-12-8(9(13)11)10(14)15-3/h6-7H,4-5,11H2,1-3H3. The maximum atomic E-state index is 11.3. The highest BCUT2D eigenvalue weighted by Gasteiger charge is 2.18. The Labute approximate surface area is 89.2 Å². The van der Waals surface area contributed by atoms with Crippen LogP contribution < -0.4 is 5.73 Å². The fourth-order valence-electron chi connectivity index (χ4n) is 1.60. The first-order valence-electron chi connectivity index (χ1n) is 5.06. The Bertz CT molecular complexity index is 342. The lowest BCUT2D eigenvalue weighted by atomic mass is 10.2. The Hall–Kier alpha value is -1.52. The lowest BCUT2D eigenvalue weighted by molar-refractivity contribution is 0.0596. The Morgan fingerprint density at radius 3 is 2.67 bits per heavy atom. The molecule has 5 heteroatoms.